The van der Waals surface area contributed by atoms with E-state index in [1.54, 1.807) is 30.3 Å². The molecule has 0 saturated heterocycles. The average Bonchev–Trinajstić information content (AvgIpc) is 2.94. The third-order valence-electron chi connectivity index (χ3n) is 6.44. The van der Waals surface area contributed by atoms with E-state index in [0.717, 1.165) is 18.6 Å². The number of halogens is 7. The average molecular weight is 575 g/mol. The highest BCUT2D eigenvalue weighted by Crippen LogP contribution is 2.30. The number of benzene rings is 4. The maximum Gasteiger partial charge on any atom is 0.309 e. The predicted octanol–water partition coefficient (Wildman–Crippen LogP) is 10.4. The Labute approximate surface area is 233 Å². The van der Waals surface area contributed by atoms with Crippen molar-refractivity contribution in [2.75, 3.05) is 6.61 Å². The van der Waals surface area contributed by atoms with Crippen molar-refractivity contribution in [1.29, 1.82) is 0 Å². The zero-order valence-corrected chi connectivity index (χ0v) is 22.3. The Kier molecular flexibility index (Phi) is 9.58. The lowest BCUT2D eigenvalue weighted by Gasteiger charge is -2.10. The van der Waals surface area contributed by atoms with Crippen LogP contribution in [-0.2, 0) is 17.6 Å². The number of aryl methyl sites for hydroxylation is 2. The van der Waals surface area contributed by atoms with Crippen LogP contribution in [0.25, 0.3) is 28.1 Å². The monoisotopic (exact) mass is 574 g/mol. The van der Waals surface area contributed by atoms with E-state index in [0.29, 0.717) is 35.1 Å². The lowest BCUT2D eigenvalue weighted by molar-refractivity contribution is 0.141. The maximum absolute atomic E-state index is 14.9. The zero-order valence-electron chi connectivity index (χ0n) is 21.5. The van der Waals surface area contributed by atoms with Crippen molar-refractivity contribution in [3.05, 3.63) is 124 Å². The summed E-state index contributed by atoms with van der Waals surface area (Å²) in [6.45, 7) is 2.00. The molecule has 0 fully saturated rings. The molecule has 0 bridgehead atoms. The molecule has 0 amide bonds. The van der Waals surface area contributed by atoms with Crippen molar-refractivity contribution in [3.63, 3.8) is 0 Å². The first-order valence-electron chi connectivity index (χ1n) is 12.7. The fraction of sp³-hybridized carbons (Fsp3) is 0.188. The minimum absolute atomic E-state index is 0.0134. The molecule has 1 nitrogen and oxygen atoms in total. The standard InChI is InChI=1S/C32H25ClF6O/c1-2-3-14-40-32(39)31(38)22-10-7-20(8-11-22)23-12-9-21(26(34)16-23)6-4-19-5-13-25(27(35)15-19)24-17-28(36)30(33)29(37)18-24/h5,7-13,15-18H,2-4,6,14H2,1H3. The van der Waals surface area contributed by atoms with Crippen LogP contribution >= 0.6 is 11.6 Å². The molecule has 8 heteroatoms. The topological polar surface area (TPSA) is 9.23 Å². The first-order chi connectivity index (χ1) is 19.2. The van der Waals surface area contributed by atoms with E-state index in [1.807, 2.05) is 6.92 Å². The van der Waals surface area contributed by atoms with Crippen molar-refractivity contribution in [3.8, 4) is 22.3 Å². The summed E-state index contributed by atoms with van der Waals surface area (Å²) in [6.07, 6.45) is 2.01. The smallest absolute Gasteiger partial charge is 0.309 e. The number of rotatable bonds is 10. The van der Waals surface area contributed by atoms with Gasteiger partial charge in [-0.3, -0.25) is 0 Å². The Bertz CT molecular complexity index is 1510. The Morgan fingerprint density at radius 1 is 0.700 bits per heavy atom. The van der Waals surface area contributed by atoms with Crippen molar-refractivity contribution in [2.24, 2.45) is 0 Å². The van der Waals surface area contributed by atoms with Gasteiger partial charge in [0, 0.05) is 11.1 Å². The molecule has 0 aliphatic rings. The van der Waals surface area contributed by atoms with Crippen LogP contribution in [0.1, 0.15) is 36.5 Å². The normalized spacial score (nSPS) is 11.9. The van der Waals surface area contributed by atoms with Gasteiger partial charge >= 0.3 is 6.01 Å². The Hall–Kier alpha value is -3.71. The molecule has 4 rings (SSSR count). The summed E-state index contributed by atoms with van der Waals surface area (Å²) in [5, 5.41) is -0.657. The molecule has 0 aromatic heterocycles. The van der Waals surface area contributed by atoms with E-state index >= 15 is 0 Å². The summed E-state index contributed by atoms with van der Waals surface area (Å²) in [5.74, 6) is -4.20. The summed E-state index contributed by atoms with van der Waals surface area (Å²) >= 11 is 5.50. The van der Waals surface area contributed by atoms with Gasteiger partial charge in [0.15, 0.2) is 0 Å². The fourth-order valence-corrected chi connectivity index (χ4v) is 4.27. The Morgan fingerprint density at radius 3 is 1.98 bits per heavy atom. The maximum atomic E-state index is 14.9. The molecule has 4 aromatic rings. The molecular weight excluding hydrogens is 550 g/mol. The molecule has 208 valence electrons. The van der Waals surface area contributed by atoms with Crippen molar-refractivity contribution in [2.45, 2.75) is 32.6 Å². The SMILES string of the molecule is CCCCOC(F)=C(F)c1ccc(-c2ccc(CCc3ccc(-c4cc(F)c(Cl)c(F)c4)c(F)c3)c(F)c2)cc1. The molecule has 40 heavy (non-hydrogen) atoms. The second-order valence-electron chi connectivity index (χ2n) is 9.24. The molecule has 0 radical (unpaired) electrons. The summed E-state index contributed by atoms with van der Waals surface area (Å²) in [4.78, 5) is 0. The highest BCUT2D eigenvalue weighted by molar-refractivity contribution is 6.31. The van der Waals surface area contributed by atoms with Gasteiger partial charge in [-0.15, -0.1) is 0 Å². The highest BCUT2D eigenvalue weighted by atomic mass is 35.5. The van der Waals surface area contributed by atoms with E-state index in [9.17, 15) is 26.3 Å². The molecule has 0 heterocycles. The van der Waals surface area contributed by atoms with Gasteiger partial charge in [0.25, 0.3) is 0 Å². The van der Waals surface area contributed by atoms with Crippen LogP contribution in [-0.4, -0.2) is 6.61 Å². The number of unbranched alkanes of at least 4 members (excludes halogenated alkanes) is 1. The van der Waals surface area contributed by atoms with E-state index in [-0.39, 0.29) is 29.7 Å². The van der Waals surface area contributed by atoms with E-state index < -0.39 is 40.1 Å². The largest absolute Gasteiger partial charge is 0.469 e. The minimum atomic E-state index is -1.26. The van der Waals surface area contributed by atoms with Crippen LogP contribution in [0.3, 0.4) is 0 Å². The molecule has 4 aromatic carbocycles. The lowest BCUT2D eigenvalue weighted by Crippen LogP contribution is -1.97. The van der Waals surface area contributed by atoms with Gasteiger partial charge < -0.3 is 4.74 Å². The fourth-order valence-electron chi connectivity index (χ4n) is 4.16. The van der Waals surface area contributed by atoms with Gasteiger partial charge in [0.2, 0.25) is 5.83 Å². The van der Waals surface area contributed by atoms with E-state index in [1.165, 1.54) is 30.3 Å². The van der Waals surface area contributed by atoms with Crippen LogP contribution in [0.5, 0.6) is 0 Å². The zero-order chi connectivity index (χ0) is 28.8. The van der Waals surface area contributed by atoms with Crippen LogP contribution in [0.2, 0.25) is 5.02 Å². The van der Waals surface area contributed by atoms with Gasteiger partial charge in [-0.2, -0.15) is 8.78 Å². The second-order valence-corrected chi connectivity index (χ2v) is 9.62. The summed E-state index contributed by atoms with van der Waals surface area (Å²) < 4.78 is 90.1. The molecule has 0 unspecified atom stereocenters. The minimum Gasteiger partial charge on any atom is -0.469 e. The summed E-state index contributed by atoms with van der Waals surface area (Å²) in [5.41, 5.74) is 2.20. The van der Waals surface area contributed by atoms with Gasteiger partial charge in [0.05, 0.1) is 6.61 Å². The molecular formula is C32H25ClF6O. The molecule has 0 saturated carbocycles. The van der Waals surface area contributed by atoms with E-state index in [4.69, 9.17) is 16.3 Å². The van der Waals surface area contributed by atoms with Gasteiger partial charge in [-0.05, 0) is 71.3 Å². The molecule has 0 aliphatic carbocycles. The van der Waals surface area contributed by atoms with E-state index in [2.05, 4.69) is 0 Å². The van der Waals surface area contributed by atoms with Crippen LogP contribution in [0, 0.1) is 23.3 Å². The van der Waals surface area contributed by atoms with Gasteiger partial charge in [-0.1, -0.05) is 73.5 Å². The van der Waals surface area contributed by atoms with Crippen LogP contribution < -0.4 is 0 Å². The molecule has 0 aliphatic heterocycles. The third kappa shape index (κ3) is 6.89. The molecule has 0 N–H and O–H groups in total. The molecule has 0 atom stereocenters. The van der Waals surface area contributed by atoms with Crippen LogP contribution in [0.15, 0.2) is 78.8 Å². The first kappa shape index (κ1) is 29.3. The third-order valence-corrected chi connectivity index (χ3v) is 6.80. The lowest BCUT2D eigenvalue weighted by atomic mass is 9.97. The summed E-state index contributed by atoms with van der Waals surface area (Å²) in [7, 11) is 0. The second kappa shape index (κ2) is 13.1. The number of ether oxygens (including phenoxy) is 1. The van der Waals surface area contributed by atoms with Gasteiger partial charge in [-0.25, -0.2) is 17.6 Å². The molecule has 0 spiro atoms. The Balaban J connectivity index is 1.43. The predicted molar refractivity (Wildman–Crippen MR) is 146 cm³/mol. The van der Waals surface area contributed by atoms with Crippen molar-refractivity contribution >= 4 is 17.4 Å². The Morgan fingerprint density at radius 2 is 1.35 bits per heavy atom. The first-order valence-corrected chi connectivity index (χ1v) is 13.1. The quantitative estimate of drug-likeness (QED) is 0.0792. The van der Waals surface area contributed by atoms with Crippen molar-refractivity contribution in [1.82, 2.24) is 0 Å². The number of hydrogen-bond donors (Lipinski definition) is 0. The summed E-state index contributed by atoms with van der Waals surface area (Å²) in [6, 6.07) is 15.5. The van der Waals surface area contributed by atoms with Crippen molar-refractivity contribution < 1.29 is 31.1 Å². The number of hydrogen-bond acceptors (Lipinski definition) is 1. The van der Waals surface area contributed by atoms with Gasteiger partial charge in [0.1, 0.15) is 28.3 Å². The van der Waals surface area contributed by atoms with Crippen LogP contribution in [0.4, 0.5) is 26.3 Å². The highest BCUT2D eigenvalue weighted by Gasteiger charge is 2.14.